The van der Waals surface area contributed by atoms with Crippen LogP contribution in [0.3, 0.4) is 0 Å². The average molecular weight is 299 g/mol. The number of rotatable bonds is 2. The number of nitrogens with two attached hydrogens (primary N) is 1. The second kappa shape index (κ2) is 5.52. The van der Waals surface area contributed by atoms with Gasteiger partial charge in [-0.05, 0) is 36.0 Å². The molecule has 116 valence electrons. The summed E-state index contributed by atoms with van der Waals surface area (Å²) in [5.74, 6) is -0.952. The van der Waals surface area contributed by atoms with Crippen LogP contribution in [0.4, 0.5) is 13.2 Å². The molecule has 1 fully saturated rings. The minimum absolute atomic E-state index is 0.204. The first-order valence-corrected chi connectivity index (χ1v) is 7.55. The molecule has 1 aromatic rings. The largest absolute Gasteiger partial charge is 0.493 e. The lowest BCUT2D eigenvalue weighted by atomic mass is 9.73. The topological polar surface area (TPSA) is 35.2 Å². The SMILES string of the molecule is NC(c1ccc2c(c1)CCO2)C1CCCCC1C(F)(F)F. The van der Waals surface area contributed by atoms with Crippen LogP contribution in [0.1, 0.15) is 42.9 Å². The van der Waals surface area contributed by atoms with Crippen LogP contribution in [0.25, 0.3) is 0 Å². The minimum atomic E-state index is -4.15. The van der Waals surface area contributed by atoms with Gasteiger partial charge in [0.15, 0.2) is 0 Å². The number of ether oxygens (including phenoxy) is 1. The van der Waals surface area contributed by atoms with Crippen molar-refractivity contribution in [1.82, 2.24) is 0 Å². The van der Waals surface area contributed by atoms with Gasteiger partial charge in [-0.1, -0.05) is 25.0 Å². The van der Waals surface area contributed by atoms with Crippen molar-refractivity contribution in [3.8, 4) is 5.75 Å². The summed E-state index contributed by atoms with van der Waals surface area (Å²) in [6.07, 6.45) is -1.11. The van der Waals surface area contributed by atoms with Gasteiger partial charge in [-0.3, -0.25) is 0 Å². The Labute approximate surface area is 122 Å². The zero-order valence-corrected chi connectivity index (χ0v) is 11.8. The van der Waals surface area contributed by atoms with Crippen LogP contribution in [0, 0.1) is 11.8 Å². The van der Waals surface area contributed by atoms with Crippen LogP contribution in [0.2, 0.25) is 0 Å². The fourth-order valence-corrected chi connectivity index (χ4v) is 3.66. The Balaban J connectivity index is 1.84. The van der Waals surface area contributed by atoms with E-state index < -0.39 is 24.1 Å². The molecule has 5 heteroatoms. The quantitative estimate of drug-likeness (QED) is 0.896. The lowest BCUT2D eigenvalue weighted by Crippen LogP contribution is -2.38. The van der Waals surface area contributed by atoms with Gasteiger partial charge < -0.3 is 10.5 Å². The summed E-state index contributed by atoms with van der Waals surface area (Å²) in [5, 5.41) is 0. The number of benzene rings is 1. The van der Waals surface area contributed by atoms with E-state index in [9.17, 15) is 13.2 Å². The third kappa shape index (κ3) is 2.89. The summed E-state index contributed by atoms with van der Waals surface area (Å²) in [4.78, 5) is 0. The molecule has 3 rings (SSSR count). The van der Waals surface area contributed by atoms with Gasteiger partial charge in [0.1, 0.15) is 5.75 Å². The van der Waals surface area contributed by atoms with Gasteiger partial charge in [0, 0.05) is 12.5 Å². The number of fused-ring (bicyclic) bond motifs is 1. The van der Waals surface area contributed by atoms with Crippen molar-refractivity contribution in [2.24, 2.45) is 17.6 Å². The lowest BCUT2D eigenvalue weighted by molar-refractivity contribution is -0.198. The first-order chi connectivity index (χ1) is 9.97. The molecule has 2 aliphatic rings. The van der Waals surface area contributed by atoms with Gasteiger partial charge in [0.2, 0.25) is 0 Å². The van der Waals surface area contributed by atoms with E-state index in [1.807, 2.05) is 18.2 Å². The Morgan fingerprint density at radius 2 is 1.95 bits per heavy atom. The van der Waals surface area contributed by atoms with Gasteiger partial charge in [-0.15, -0.1) is 0 Å². The molecule has 1 aliphatic heterocycles. The fraction of sp³-hybridized carbons (Fsp3) is 0.625. The molecule has 3 unspecified atom stereocenters. The minimum Gasteiger partial charge on any atom is -0.493 e. The molecular weight excluding hydrogens is 279 g/mol. The van der Waals surface area contributed by atoms with Gasteiger partial charge in [-0.25, -0.2) is 0 Å². The second-order valence-electron chi connectivity index (χ2n) is 6.09. The molecule has 0 spiro atoms. The van der Waals surface area contributed by atoms with Crippen molar-refractivity contribution < 1.29 is 17.9 Å². The Morgan fingerprint density at radius 3 is 2.71 bits per heavy atom. The molecule has 2 N–H and O–H groups in total. The van der Waals surface area contributed by atoms with Crippen LogP contribution in [0.5, 0.6) is 5.75 Å². The predicted molar refractivity (Wildman–Crippen MR) is 74.1 cm³/mol. The third-order valence-corrected chi connectivity index (χ3v) is 4.80. The predicted octanol–water partition coefficient (Wildman–Crippen LogP) is 3.99. The van der Waals surface area contributed by atoms with E-state index in [4.69, 9.17) is 10.5 Å². The monoisotopic (exact) mass is 299 g/mol. The van der Waals surface area contributed by atoms with E-state index >= 15 is 0 Å². The summed E-state index contributed by atoms with van der Waals surface area (Å²) >= 11 is 0. The van der Waals surface area contributed by atoms with E-state index in [0.29, 0.717) is 19.4 Å². The highest BCUT2D eigenvalue weighted by molar-refractivity contribution is 5.41. The van der Waals surface area contributed by atoms with Gasteiger partial charge in [-0.2, -0.15) is 13.2 Å². The first-order valence-electron chi connectivity index (χ1n) is 7.55. The maximum atomic E-state index is 13.2. The zero-order valence-electron chi connectivity index (χ0n) is 11.8. The summed E-state index contributed by atoms with van der Waals surface area (Å²) in [6, 6.07) is 5.03. The van der Waals surface area contributed by atoms with Crippen LogP contribution < -0.4 is 10.5 Å². The maximum absolute atomic E-state index is 13.2. The number of halogens is 3. The van der Waals surface area contributed by atoms with E-state index in [1.54, 1.807) is 0 Å². The molecule has 0 aromatic heterocycles. The van der Waals surface area contributed by atoms with Crippen molar-refractivity contribution >= 4 is 0 Å². The van der Waals surface area contributed by atoms with E-state index in [0.717, 1.165) is 29.7 Å². The third-order valence-electron chi connectivity index (χ3n) is 4.80. The van der Waals surface area contributed by atoms with Crippen molar-refractivity contribution in [1.29, 1.82) is 0 Å². The average Bonchev–Trinajstić information content (AvgIpc) is 2.93. The highest BCUT2D eigenvalue weighted by Crippen LogP contribution is 2.46. The first kappa shape index (κ1) is 14.7. The van der Waals surface area contributed by atoms with Crippen molar-refractivity contribution in [2.75, 3.05) is 6.61 Å². The molecule has 2 nitrogen and oxygen atoms in total. The molecule has 0 saturated heterocycles. The smallest absolute Gasteiger partial charge is 0.392 e. The summed E-state index contributed by atoms with van der Waals surface area (Å²) in [5.41, 5.74) is 8.07. The molecule has 0 bridgehead atoms. The Hall–Kier alpha value is -1.23. The highest BCUT2D eigenvalue weighted by atomic mass is 19.4. The lowest BCUT2D eigenvalue weighted by Gasteiger charge is -2.36. The summed E-state index contributed by atoms with van der Waals surface area (Å²) in [6.45, 7) is 0.641. The molecule has 1 saturated carbocycles. The number of alkyl halides is 3. The number of hydrogen-bond acceptors (Lipinski definition) is 2. The van der Waals surface area contributed by atoms with E-state index in [1.165, 1.54) is 0 Å². The molecule has 1 heterocycles. The standard InChI is InChI=1S/C16H20F3NO/c17-16(18,19)13-4-2-1-3-12(13)15(20)11-5-6-14-10(9-11)7-8-21-14/h5-6,9,12-13,15H,1-4,7-8,20H2. The molecule has 0 radical (unpaired) electrons. The van der Waals surface area contributed by atoms with Crippen molar-refractivity contribution in [2.45, 2.75) is 44.3 Å². The summed E-state index contributed by atoms with van der Waals surface area (Å²) in [7, 11) is 0. The summed E-state index contributed by atoms with van der Waals surface area (Å²) < 4.78 is 45.1. The Morgan fingerprint density at radius 1 is 1.19 bits per heavy atom. The molecule has 21 heavy (non-hydrogen) atoms. The van der Waals surface area contributed by atoms with Gasteiger partial charge in [0.25, 0.3) is 0 Å². The van der Waals surface area contributed by atoms with Crippen LogP contribution in [-0.2, 0) is 6.42 Å². The Bertz CT molecular complexity index is 515. The maximum Gasteiger partial charge on any atom is 0.392 e. The highest BCUT2D eigenvalue weighted by Gasteiger charge is 2.47. The zero-order chi connectivity index (χ0) is 15.0. The normalized spacial score (nSPS) is 27.0. The van der Waals surface area contributed by atoms with E-state index in [-0.39, 0.29) is 6.42 Å². The molecular formula is C16H20F3NO. The van der Waals surface area contributed by atoms with Crippen molar-refractivity contribution in [3.05, 3.63) is 29.3 Å². The molecule has 1 aliphatic carbocycles. The molecule has 3 atom stereocenters. The second-order valence-corrected chi connectivity index (χ2v) is 6.09. The van der Waals surface area contributed by atoms with Crippen LogP contribution in [0.15, 0.2) is 18.2 Å². The molecule has 0 amide bonds. The van der Waals surface area contributed by atoms with E-state index in [2.05, 4.69) is 0 Å². The fourth-order valence-electron chi connectivity index (χ4n) is 3.66. The molecule has 1 aromatic carbocycles. The Kier molecular flexibility index (Phi) is 3.86. The van der Waals surface area contributed by atoms with Crippen molar-refractivity contribution in [3.63, 3.8) is 0 Å². The van der Waals surface area contributed by atoms with Gasteiger partial charge in [0.05, 0.1) is 12.5 Å². The van der Waals surface area contributed by atoms with Crippen LogP contribution >= 0.6 is 0 Å². The van der Waals surface area contributed by atoms with Crippen LogP contribution in [-0.4, -0.2) is 12.8 Å². The van der Waals surface area contributed by atoms with Gasteiger partial charge >= 0.3 is 6.18 Å². The number of hydrogen-bond donors (Lipinski definition) is 1.